The van der Waals surface area contributed by atoms with Gasteiger partial charge in [-0.15, -0.1) is 11.3 Å². The maximum atomic E-state index is 13.0. The molecule has 0 amide bonds. The van der Waals surface area contributed by atoms with Crippen LogP contribution in [0, 0.1) is 0 Å². The van der Waals surface area contributed by atoms with Crippen LogP contribution in [0.5, 0.6) is 0 Å². The molecule has 164 valence electrons. The van der Waals surface area contributed by atoms with Crippen LogP contribution >= 0.6 is 23.1 Å². The number of carbonyl (C=O) groups excluding carboxylic acids is 2. The highest BCUT2D eigenvalue weighted by atomic mass is 32.2. The number of nitrogens with zero attached hydrogens (tertiary/aromatic N) is 1. The third-order valence-corrected chi connectivity index (χ3v) is 9.20. The number of fused-ring (bicyclic) bond motifs is 5. The third kappa shape index (κ3) is 2.54. The summed E-state index contributed by atoms with van der Waals surface area (Å²) in [6.45, 7) is 4.52. The zero-order valence-corrected chi connectivity index (χ0v) is 20.2. The van der Waals surface area contributed by atoms with Crippen LogP contribution in [-0.2, 0) is 5.41 Å². The third-order valence-electron chi connectivity index (χ3n) is 7.02. The van der Waals surface area contributed by atoms with E-state index in [1.165, 1.54) is 32.3 Å². The normalized spacial score (nSPS) is 16.6. The Labute approximate surface area is 205 Å². The molecule has 0 saturated heterocycles. The molecule has 4 aromatic rings. The fourth-order valence-electron chi connectivity index (χ4n) is 5.29. The van der Waals surface area contributed by atoms with Crippen LogP contribution in [0.15, 0.2) is 88.2 Å². The molecule has 0 saturated carbocycles. The smallest absolute Gasteiger partial charge is 0.197 e. The molecule has 0 atom stereocenters. The number of allylic oxidation sites excluding steroid dienone is 1. The van der Waals surface area contributed by atoms with Gasteiger partial charge in [0.15, 0.2) is 11.6 Å². The van der Waals surface area contributed by atoms with Gasteiger partial charge in [0.1, 0.15) is 5.00 Å². The SMILES string of the molecule is CC1(C)c2cc(C=C3C(=O)c4ccccc4C3=O)sc2N2c3ccccc3Sc3cccc1c32. The number of anilines is 3. The first-order chi connectivity index (χ1) is 16.4. The maximum Gasteiger partial charge on any atom is 0.197 e. The number of rotatable bonds is 1. The Morgan fingerprint density at radius 1 is 0.794 bits per heavy atom. The Kier molecular flexibility index (Phi) is 4.01. The molecule has 3 aliphatic rings. The molecule has 1 aliphatic carbocycles. The number of benzene rings is 3. The van der Waals surface area contributed by atoms with Gasteiger partial charge in [-0.1, -0.05) is 74.1 Å². The molecular weight excluding hydrogens is 458 g/mol. The quantitative estimate of drug-likeness (QED) is 0.182. The molecule has 3 heterocycles. The van der Waals surface area contributed by atoms with E-state index in [1.807, 2.05) is 11.8 Å². The van der Waals surface area contributed by atoms with Gasteiger partial charge in [-0.2, -0.15) is 0 Å². The highest BCUT2D eigenvalue weighted by molar-refractivity contribution is 7.99. The fraction of sp³-hybridized carbons (Fsp3) is 0.103. The lowest BCUT2D eigenvalue weighted by Gasteiger charge is -2.43. The van der Waals surface area contributed by atoms with E-state index in [-0.39, 0.29) is 22.6 Å². The van der Waals surface area contributed by atoms with Crippen molar-refractivity contribution in [1.29, 1.82) is 0 Å². The van der Waals surface area contributed by atoms with E-state index in [4.69, 9.17) is 0 Å². The summed E-state index contributed by atoms with van der Waals surface area (Å²) in [6, 6.07) is 24.3. The minimum absolute atomic E-state index is 0.184. The summed E-state index contributed by atoms with van der Waals surface area (Å²) in [4.78, 5) is 31.8. The Morgan fingerprint density at radius 3 is 2.24 bits per heavy atom. The molecule has 7 rings (SSSR count). The van der Waals surface area contributed by atoms with Gasteiger partial charge in [-0.25, -0.2) is 0 Å². The van der Waals surface area contributed by atoms with E-state index < -0.39 is 0 Å². The predicted octanol–water partition coefficient (Wildman–Crippen LogP) is 7.78. The van der Waals surface area contributed by atoms with Crippen molar-refractivity contribution in [2.24, 2.45) is 0 Å². The molecule has 1 aromatic heterocycles. The molecule has 34 heavy (non-hydrogen) atoms. The summed E-state index contributed by atoms with van der Waals surface area (Å²) < 4.78 is 0. The first-order valence-corrected chi connectivity index (χ1v) is 12.8. The van der Waals surface area contributed by atoms with E-state index in [2.05, 4.69) is 67.3 Å². The van der Waals surface area contributed by atoms with Crippen LogP contribution in [0.3, 0.4) is 0 Å². The van der Waals surface area contributed by atoms with Crippen molar-refractivity contribution < 1.29 is 9.59 Å². The van der Waals surface area contributed by atoms with Crippen LogP contribution in [-0.4, -0.2) is 11.6 Å². The summed E-state index contributed by atoms with van der Waals surface area (Å²) in [7, 11) is 0. The van der Waals surface area contributed by atoms with Gasteiger partial charge in [0.2, 0.25) is 0 Å². The minimum atomic E-state index is -0.204. The van der Waals surface area contributed by atoms with Crippen LogP contribution in [0.2, 0.25) is 0 Å². The largest absolute Gasteiger partial charge is 0.299 e. The number of hydrogen-bond donors (Lipinski definition) is 0. The Hall–Kier alpha value is -3.41. The second-order valence-corrected chi connectivity index (χ2v) is 11.5. The highest BCUT2D eigenvalue weighted by Gasteiger charge is 2.42. The summed E-state index contributed by atoms with van der Waals surface area (Å²) in [5.41, 5.74) is 5.97. The molecule has 2 aliphatic heterocycles. The average Bonchev–Trinajstić information content (AvgIpc) is 3.38. The average molecular weight is 478 g/mol. The topological polar surface area (TPSA) is 37.4 Å². The number of ketones is 2. The molecule has 0 bridgehead atoms. The van der Waals surface area contributed by atoms with Crippen molar-refractivity contribution >= 4 is 57.1 Å². The molecule has 0 spiro atoms. The lowest BCUT2D eigenvalue weighted by molar-refractivity contribution is 0.0990. The molecule has 0 fully saturated rings. The second-order valence-electron chi connectivity index (χ2n) is 9.31. The number of hydrogen-bond acceptors (Lipinski definition) is 5. The van der Waals surface area contributed by atoms with Gasteiger partial charge < -0.3 is 0 Å². The van der Waals surface area contributed by atoms with Crippen LogP contribution < -0.4 is 4.90 Å². The monoisotopic (exact) mass is 477 g/mol. The van der Waals surface area contributed by atoms with Crippen molar-refractivity contribution in [3.63, 3.8) is 0 Å². The van der Waals surface area contributed by atoms with Gasteiger partial charge >= 0.3 is 0 Å². The zero-order chi connectivity index (χ0) is 23.2. The van der Waals surface area contributed by atoms with Crippen molar-refractivity contribution in [2.75, 3.05) is 4.90 Å². The van der Waals surface area contributed by atoms with E-state index in [9.17, 15) is 9.59 Å². The van der Waals surface area contributed by atoms with Crippen LogP contribution in [0.25, 0.3) is 6.08 Å². The maximum absolute atomic E-state index is 13.0. The van der Waals surface area contributed by atoms with Crippen LogP contribution in [0.4, 0.5) is 16.4 Å². The Morgan fingerprint density at radius 2 is 1.47 bits per heavy atom. The predicted molar refractivity (Wildman–Crippen MR) is 138 cm³/mol. The van der Waals surface area contributed by atoms with E-state index in [1.54, 1.807) is 41.7 Å². The number of carbonyl (C=O) groups is 2. The lowest BCUT2D eigenvalue weighted by Crippen LogP contribution is -2.30. The number of thiophene rings is 1. The molecule has 0 N–H and O–H groups in total. The molecule has 0 radical (unpaired) electrons. The Balaban J connectivity index is 1.44. The molecule has 3 aromatic carbocycles. The highest BCUT2D eigenvalue weighted by Crippen LogP contribution is 2.61. The Bertz CT molecular complexity index is 1570. The van der Waals surface area contributed by atoms with E-state index >= 15 is 0 Å². The van der Waals surface area contributed by atoms with Crippen molar-refractivity contribution in [3.8, 4) is 0 Å². The van der Waals surface area contributed by atoms with E-state index in [0.29, 0.717) is 11.1 Å². The van der Waals surface area contributed by atoms with Gasteiger partial charge in [0.25, 0.3) is 0 Å². The minimum Gasteiger partial charge on any atom is -0.299 e. The summed E-state index contributed by atoms with van der Waals surface area (Å²) in [5.74, 6) is -0.368. The first-order valence-electron chi connectivity index (χ1n) is 11.2. The van der Waals surface area contributed by atoms with Crippen LogP contribution in [0.1, 0.15) is 50.6 Å². The fourth-order valence-corrected chi connectivity index (χ4v) is 7.67. The lowest BCUT2D eigenvalue weighted by atomic mass is 9.75. The molecular formula is C29H19NO2S2. The summed E-state index contributed by atoms with van der Waals surface area (Å²) in [6.07, 6.45) is 1.79. The molecule has 5 heteroatoms. The van der Waals surface area contributed by atoms with Crippen molar-refractivity contribution in [2.45, 2.75) is 29.1 Å². The molecule has 0 unspecified atom stereocenters. The standard InChI is InChI=1S/C29H19NO2S2/c1-29(2)20-10-7-13-24-25(20)30(22-11-5-6-12-23(22)34-24)28-21(29)15-16(33-28)14-19-26(31)17-8-3-4-9-18(17)27(19)32/h3-15H,1-2H3. The van der Waals surface area contributed by atoms with Crippen molar-refractivity contribution in [1.82, 2.24) is 0 Å². The van der Waals surface area contributed by atoms with E-state index in [0.717, 1.165) is 9.88 Å². The van der Waals surface area contributed by atoms with Gasteiger partial charge in [-0.05, 0) is 41.5 Å². The van der Waals surface area contributed by atoms with Gasteiger partial charge in [-0.3, -0.25) is 14.5 Å². The number of Topliss-reactive ketones (excluding diaryl/α,β-unsaturated/α-hetero) is 2. The van der Waals surface area contributed by atoms with Crippen molar-refractivity contribution in [3.05, 3.63) is 106 Å². The second kappa shape index (κ2) is 6.81. The molecule has 3 nitrogen and oxygen atoms in total. The first kappa shape index (κ1) is 20.0. The zero-order valence-electron chi connectivity index (χ0n) is 18.6. The van der Waals surface area contributed by atoms with Gasteiger partial charge in [0, 0.05) is 31.2 Å². The van der Waals surface area contributed by atoms with Gasteiger partial charge in [0.05, 0.1) is 16.9 Å². The number of para-hydroxylation sites is 2. The summed E-state index contributed by atoms with van der Waals surface area (Å²) >= 11 is 3.46. The summed E-state index contributed by atoms with van der Waals surface area (Å²) in [5, 5.41) is 1.15.